The second-order valence-electron chi connectivity index (χ2n) is 6.22. The van der Waals surface area contributed by atoms with E-state index in [2.05, 4.69) is 14.9 Å². The lowest BCUT2D eigenvalue weighted by Crippen LogP contribution is -2.51. The van der Waals surface area contributed by atoms with Gasteiger partial charge in [0.25, 0.3) is 0 Å². The molecule has 6 nitrogen and oxygen atoms in total. The van der Waals surface area contributed by atoms with Crippen LogP contribution < -0.4 is 10.0 Å². The summed E-state index contributed by atoms with van der Waals surface area (Å²) >= 11 is 5.84. The third kappa shape index (κ3) is 6.05. The number of benzene rings is 1. The van der Waals surface area contributed by atoms with Crippen molar-refractivity contribution in [1.82, 2.24) is 14.9 Å². The van der Waals surface area contributed by atoms with E-state index in [0.29, 0.717) is 37.5 Å². The number of carbonyl (C=O) groups excluding carboxylic acids is 1. The van der Waals surface area contributed by atoms with Gasteiger partial charge in [-0.3, -0.25) is 9.69 Å². The van der Waals surface area contributed by atoms with Gasteiger partial charge in [0.2, 0.25) is 15.9 Å². The van der Waals surface area contributed by atoms with Crippen LogP contribution in [0.1, 0.15) is 25.3 Å². The van der Waals surface area contributed by atoms with Crippen molar-refractivity contribution in [2.24, 2.45) is 0 Å². The number of nitrogens with one attached hydrogen (secondary N) is 2. The Balaban J connectivity index is 1.78. The Morgan fingerprint density at radius 1 is 1.29 bits per heavy atom. The van der Waals surface area contributed by atoms with Gasteiger partial charge in [-0.25, -0.2) is 13.1 Å². The molecule has 2 rings (SSSR count). The lowest BCUT2D eigenvalue weighted by Gasteiger charge is -2.35. The van der Waals surface area contributed by atoms with E-state index in [9.17, 15) is 13.2 Å². The van der Waals surface area contributed by atoms with Gasteiger partial charge in [-0.15, -0.1) is 0 Å². The Kier molecular flexibility index (Phi) is 6.62. The summed E-state index contributed by atoms with van der Waals surface area (Å²) in [5, 5.41) is 3.60. The fraction of sp³-hybridized carbons (Fsp3) is 0.562. The zero-order valence-electron chi connectivity index (χ0n) is 14.0. The third-order valence-electron chi connectivity index (χ3n) is 4.22. The van der Waals surface area contributed by atoms with Crippen molar-refractivity contribution >= 4 is 27.5 Å². The van der Waals surface area contributed by atoms with E-state index < -0.39 is 10.0 Å². The highest BCUT2D eigenvalue weighted by Crippen LogP contribution is 2.14. The fourth-order valence-corrected chi connectivity index (χ4v) is 3.78. The molecule has 24 heavy (non-hydrogen) atoms. The number of likely N-dealkylation sites (tertiary alicyclic amines) is 1. The van der Waals surface area contributed by atoms with Crippen LogP contribution in [0.4, 0.5) is 0 Å². The minimum Gasteiger partial charge on any atom is -0.351 e. The molecule has 1 aliphatic heterocycles. The average Bonchev–Trinajstić information content (AvgIpc) is 2.52. The molecule has 1 heterocycles. The molecular weight excluding hydrogens is 350 g/mol. The van der Waals surface area contributed by atoms with Crippen LogP contribution in [0.5, 0.6) is 0 Å². The molecule has 134 valence electrons. The largest absolute Gasteiger partial charge is 0.351 e. The third-order valence-corrected chi connectivity index (χ3v) is 5.23. The lowest BCUT2D eigenvalue weighted by molar-refractivity contribution is -0.126. The SMILES string of the molecule is CC(C(=O)NCc1ccc(Cl)cc1)N1CCC(NS(C)(=O)=O)CC1. The maximum atomic E-state index is 12.3. The van der Waals surface area contributed by atoms with E-state index in [1.165, 1.54) is 6.26 Å². The van der Waals surface area contributed by atoms with Crippen molar-refractivity contribution in [3.63, 3.8) is 0 Å². The second-order valence-corrected chi connectivity index (χ2v) is 8.44. The monoisotopic (exact) mass is 373 g/mol. The van der Waals surface area contributed by atoms with E-state index in [1.807, 2.05) is 19.1 Å². The van der Waals surface area contributed by atoms with E-state index in [1.54, 1.807) is 12.1 Å². The van der Waals surface area contributed by atoms with Gasteiger partial charge in [0, 0.05) is 30.7 Å². The van der Waals surface area contributed by atoms with Crippen molar-refractivity contribution in [2.75, 3.05) is 19.3 Å². The highest BCUT2D eigenvalue weighted by Gasteiger charge is 2.27. The molecule has 0 spiro atoms. The summed E-state index contributed by atoms with van der Waals surface area (Å²) in [5.41, 5.74) is 0.996. The maximum Gasteiger partial charge on any atom is 0.237 e. The molecule has 0 aromatic heterocycles. The summed E-state index contributed by atoms with van der Waals surface area (Å²) in [6, 6.07) is 7.08. The van der Waals surface area contributed by atoms with E-state index >= 15 is 0 Å². The van der Waals surface area contributed by atoms with Gasteiger partial charge < -0.3 is 5.32 Å². The fourth-order valence-electron chi connectivity index (χ4n) is 2.81. The van der Waals surface area contributed by atoms with Gasteiger partial charge in [0.05, 0.1) is 12.3 Å². The molecule has 1 aromatic rings. The first-order chi connectivity index (χ1) is 11.2. The smallest absolute Gasteiger partial charge is 0.237 e. The van der Waals surface area contributed by atoms with Gasteiger partial charge in [-0.2, -0.15) is 0 Å². The molecule has 1 fully saturated rings. The zero-order valence-corrected chi connectivity index (χ0v) is 15.5. The standard InChI is InChI=1S/C16H24ClN3O3S/c1-12(16(21)18-11-13-3-5-14(17)6-4-13)20-9-7-15(8-10-20)19-24(2,22)23/h3-6,12,15,19H,7-11H2,1-2H3,(H,18,21). The molecule has 1 aromatic carbocycles. The summed E-state index contributed by atoms with van der Waals surface area (Å²) in [6.45, 7) is 3.74. The molecule has 1 aliphatic rings. The van der Waals surface area contributed by atoms with Crippen LogP contribution in [0.15, 0.2) is 24.3 Å². The second kappa shape index (κ2) is 8.29. The average molecular weight is 374 g/mol. The van der Waals surface area contributed by atoms with Crippen LogP contribution in [0, 0.1) is 0 Å². The number of amides is 1. The summed E-state index contributed by atoms with van der Waals surface area (Å²) < 4.78 is 25.2. The van der Waals surface area contributed by atoms with Crippen molar-refractivity contribution in [3.05, 3.63) is 34.9 Å². The number of hydrogen-bond donors (Lipinski definition) is 2. The first-order valence-corrected chi connectivity index (χ1v) is 10.2. The van der Waals surface area contributed by atoms with Crippen LogP contribution in [0.2, 0.25) is 5.02 Å². The molecule has 1 saturated heterocycles. The Hall–Kier alpha value is -1.15. The number of carbonyl (C=O) groups is 1. The van der Waals surface area contributed by atoms with Gasteiger partial charge in [0.1, 0.15) is 0 Å². The maximum absolute atomic E-state index is 12.3. The normalized spacial score (nSPS) is 18.3. The molecule has 1 amide bonds. The number of sulfonamides is 1. The number of rotatable bonds is 6. The predicted molar refractivity (Wildman–Crippen MR) is 95.3 cm³/mol. The minimum absolute atomic E-state index is 0.0283. The first-order valence-electron chi connectivity index (χ1n) is 7.98. The summed E-state index contributed by atoms with van der Waals surface area (Å²) in [5.74, 6) is -0.0283. The van der Waals surface area contributed by atoms with Crippen molar-refractivity contribution in [1.29, 1.82) is 0 Å². The zero-order chi connectivity index (χ0) is 17.7. The highest BCUT2D eigenvalue weighted by molar-refractivity contribution is 7.88. The molecule has 0 radical (unpaired) electrons. The van der Waals surface area contributed by atoms with E-state index in [-0.39, 0.29) is 18.0 Å². The number of hydrogen-bond acceptors (Lipinski definition) is 4. The van der Waals surface area contributed by atoms with Crippen LogP contribution in [0.3, 0.4) is 0 Å². The molecular formula is C16H24ClN3O3S. The highest BCUT2D eigenvalue weighted by atomic mass is 35.5. The summed E-state index contributed by atoms with van der Waals surface area (Å²) in [4.78, 5) is 14.4. The van der Waals surface area contributed by atoms with Crippen molar-refractivity contribution < 1.29 is 13.2 Å². The quantitative estimate of drug-likeness (QED) is 0.789. The van der Waals surface area contributed by atoms with Gasteiger partial charge in [-0.05, 0) is 37.5 Å². The number of piperidine rings is 1. The molecule has 0 bridgehead atoms. The van der Waals surface area contributed by atoms with Crippen LogP contribution in [0.25, 0.3) is 0 Å². The Morgan fingerprint density at radius 2 is 1.88 bits per heavy atom. The Morgan fingerprint density at radius 3 is 2.42 bits per heavy atom. The number of halogens is 1. The summed E-state index contributed by atoms with van der Waals surface area (Å²) in [6.07, 6.45) is 2.59. The van der Waals surface area contributed by atoms with Gasteiger partial charge in [0.15, 0.2) is 0 Å². The van der Waals surface area contributed by atoms with E-state index in [0.717, 1.165) is 5.56 Å². The minimum atomic E-state index is -3.18. The van der Waals surface area contributed by atoms with Crippen LogP contribution in [-0.4, -0.2) is 50.7 Å². The lowest BCUT2D eigenvalue weighted by atomic mass is 10.0. The molecule has 2 N–H and O–H groups in total. The van der Waals surface area contributed by atoms with Gasteiger partial charge >= 0.3 is 0 Å². The Labute approximate surface area is 148 Å². The van der Waals surface area contributed by atoms with E-state index in [4.69, 9.17) is 11.6 Å². The molecule has 0 aliphatic carbocycles. The predicted octanol–water partition coefficient (Wildman–Crippen LogP) is 1.36. The summed E-state index contributed by atoms with van der Waals surface area (Å²) in [7, 11) is -3.18. The Bertz CT molecular complexity index is 656. The molecule has 1 unspecified atom stereocenters. The molecule has 1 atom stereocenters. The van der Waals surface area contributed by atoms with Crippen LogP contribution in [-0.2, 0) is 21.4 Å². The van der Waals surface area contributed by atoms with Gasteiger partial charge in [-0.1, -0.05) is 23.7 Å². The van der Waals surface area contributed by atoms with Crippen LogP contribution >= 0.6 is 11.6 Å². The molecule has 0 saturated carbocycles. The van der Waals surface area contributed by atoms with Crippen molar-refractivity contribution in [2.45, 2.75) is 38.4 Å². The first kappa shape index (κ1) is 19.2. The van der Waals surface area contributed by atoms with Crippen molar-refractivity contribution in [3.8, 4) is 0 Å². The number of nitrogens with zero attached hydrogens (tertiary/aromatic N) is 1. The topological polar surface area (TPSA) is 78.5 Å². The molecule has 8 heteroatoms.